The predicted octanol–water partition coefficient (Wildman–Crippen LogP) is 4.92. The summed E-state index contributed by atoms with van der Waals surface area (Å²) in [7, 11) is 0. The first-order valence-electron chi connectivity index (χ1n) is 6.08. The zero-order chi connectivity index (χ0) is 14.2. The van der Waals surface area contributed by atoms with Crippen molar-refractivity contribution in [2.24, 2.45) is 0 Å². The first kappa shape index (κ1) is 14.8. The van der Waals surface area contributed by atoms with Crippen LogP contribution in [0.4, 0.5) is 4.39 Å². The number of hydrogen-bond donors (Lipinski definition) is 1. The van der Waals surface area contributed by atoms with Crippen molar-refractivity contribution in [1.29, 1.82) is 0 Å². The van der Waals surface area contributed by atoms with E-state index in [9.17, 15) is 4.39 Å². The fourth-order valence-electron chi connectivity index (χ4n) is 1.93. The van der Waals surface area contributed by atoms with Crippen LogP contribution in [-0.4, -0.2) is 12.1 Å². The Morgan fingerprint density at radius 3 is 2.74 bits per heavy atom. The zero-order valence-corrected chi connectivity index (χ0v) is 13.5. The molecule has 0 fully saturated rings. The highest BCUT2D eigenvalue weighted by molar-refractivity contribution is 9.10. The van der Waals surface area contributed by atoms with Crippen molar-refractivity contribution in [2.75, 3.05) is 6.54 Å². The van der Waals surface area contributed by atoms with Crippen LogP contribution < -0.4 is 5.32 Å². The van der Waals surface area contributed by atoms with E-state index in [4.69, 9.17) is 16.0 Å². The van der Waals surface area contributed by atoms with Crippen molar-refractivity contribution in [1.82, 2.24) is 5.32 Å². The molecule has 0 aliphatic heterocycles. The van der Waals surface area contributed by atoms with Gasteiger partial charge in [-0.1, -0.05) is 11.6 Å². The van der Waals surface area contributed by atoms with E-state index in [-0.39, 0.29) is 10.6 Å². The number of benzene rings is 1. The highest BCUT2D eigenvalue weighted by Crippen LogP contribution is 2.35. The molecule has 0 radical (unpaired) electrons. The van der Waals surface area contributed by atoms with Gasteiger partial charge in [-0.2, -0.15) is 0 Å². The Hall–Kier alpha value is -0.580. The summed E-state index contributed by atoms with van der Waals surface area (Å²) in [6.07, 6.45) is 2.28. The van der Waals surface area contributed by atoms with Crippen molar-refractivity contribution in [3.05, 3.63) is 33.2 Å². The molecule has 0 aliphatic carbocycles. The molecular weight excluding hydrogens is 333 g/mol. The van der Waals surface area contributed by atoms with Gasteiger partial charge in [-0.3, -0.25) is 0 Å². The number of hydrogen-bond acceptors (Lipinski definition) is 2. The maximum absolute atomic E-state index is 14.1. The lowest BCUT2D eigenvalue weighted by molar-refractivity contribution is 0.429. The SMILES string of the molecule is CC(C)(C)NCCc1coc2c(Br)cc(Cl)c(F)c12. The number of fused-ring (bicyclic) bond motifs is 1. The van der Waals surface area contributed by atoms with Gasteiger partial charge in [0, 0.05) is 11.1 Å². The molecule has 0 saturated heterocycles. The first-order chi connectivity index (χ1) is 8.79. The molecule has 0 aliphatic rings. The van der Waals surface area contributed by atoms with Crippen LogP contribution in [0.25, 0.3) is 11.0 Å². The molecule has 1 N–H and O–H groups in total. The smallest absolute Gasteiger partial charge is 0.153 e. The Balaban J connectivity index is 2.30. The minimum Gasteiger partial charge on any atom is -0.463 e. The number of nitrogens with one attached hydrogen (secondary N) is 1. The molecule has 0 bridgehead atoms. The number of rotatable bonds is 3. The van der Waals surface area contributed by atoms with Gasteiger partial charge in [0.25, 0.3) is 0 Å². The molecular formula is C14H16BrClFNO. The van der Waals surface area contributed by atoms with E-state index < -0.39 is 5.82 Å². The van der Waals surface area contributed by atoms with Gasteiger partial charge in [0.05, 0.1) is 21.1 Å². The third-order valence-corrected chi connectivity index (χ3v) is 3.68. The molecule has 19 heavy (non-hydrogen) atoms. The normalized spacial score (nSPS) is 12.3. The van der Waals surface area contributed by atoms with E-state index in [1.807, 2.05) is 0 Å². The Bertz CT molecular complexity index is 603. The number of furan rings is 1. The minimum atomic E-state index is -0.417. The molecule has 0 amide bonds. The van der Waals surface area contributed by atoms with Crippen LogP contribution in [0.3, 0.4) is 0 Å². The molecule has 2 aromatic rings. The Kier molecular flexibility index (Phi) is 4.23. The average molecular weight is 349 g/mol. The Morgan fingerprint density at radius 2 is 2.11 bits per heavy atom. The summed E-state index contributed by atoms with van der Waals surface area (Å²) in [6.45, 7) is 7.03. The third kappa shape index (κ3) is 3.30. The average Bonchev–Trinajstić information content (AvgIpc) is 2.69. The van der Waals surface area contributed by atoms with Crippen molar-refractivity contribution in [2.45, 2.75) is 32.7 Å². The maximum Gasteiger partial charge on any atom is 0.153 e. The van der Waals surface area contributed by atoms with Gasteiger partial charge in [0.2, 0.25) is 0 Å². The second kappa shape index (κ2) is 5.43. The van der Waals surface area contributed by atoms with Crippen molar-refractivity contribution < 1.29 is 8.81 Å². The third-order valence-electron chi connectivity index (χ3n) is 2.82. The van der Waals surface area contributed by atoms with Gasteiger partial charge in [-0.05, 0) is 55.7 Å². The lowest BCUT2D eigenvalue weighted by Crippen LogP contribution is -2.37. The van der Waals surface area contributed by atoms with Crippen LogP contribution in [0.1, 0.15) is 26.3 Å². The van der Waals surface area contributed by atoms with Crippen LogP contribution >= 0.6 is 27.5 Å². The molecule has 0 unspecified atom stereocenters. The summed E-state index contributed by atoms with van der Waals surface area (Å²) in [5, 5.41) is 3.93. The van der Waals surface area contributed by atoms with Crippen molar-refractivity contribution >= 4 is 38.5 Å². The monoisotopic (exact) mass is 347 g/mol. The summed E-state index contributed by atoms with van der Waals surface area (Å²) >= 11 is 9.20. The number of halogens is 3. The lowest BCUT2D eigenvalue weighted by atomic mass is 10.1. The van der Waals surface area contributed by atoms with E-state index in [0.29, 0.717) is 21.9 Å². The molecule has 104 valence electrons. The summed E-state index contributed by atoms with van der Waals surface area (Å²) in [6, 6.07) is 1.51. The van der Waals surface area contributed by atoms with Gasteiger partial charge in [0.15, 0.2) is 11.4 Å². The summed E-state index contributed by atoms with van der Waals surface area (Å²) in [5.74, 6) is -0.417. The quantitative estimate of drug-likeness (QED) is 0.797. The second-order valence-electron chi connectivity index (χ2n) is 5.55. The highest BCUT2D eigenvalue weighted by atomic mass is 79.9. The van der Waals surface area contributed by atoms with E-state index in [2.05, 4.69) is 42.0 Å². The van der Waals surface area contributed by atoms with Gasteiger partial charge in [-0.25, -0.2) is 4.39 Å². The minimum absolute atomic E-state index is 0.0380. The molecule has 1 aromatic heterocycles. The molecule has 0 atom stereocenters. The maximum atomic E-state index is 14.1. The van der Waals surface area contributed by atoms with Crippen LogP contribution in [0.15, 0.2) is 21.2 Å². The standard InChI is InChI=1S/C14H16BrClFNO/c1-14(2,3)18-5-4-8-7-19-13-9(15)6-10(16)12(17)11(8)13/h6-7,18H,4-5H2,1-3H3. The lowest BCUT2D eigenvalue weighted by Gasteiger charge is -2.20. The van der Waals surface area contributed by atoms with E-state index in [1.54, 1.807) is 6.26 Å². The van der Waals surface area contributed by atoms with Crippen molar-refractivity contribution in [3.63, 3.8) is 0 Å². The van der Waals surface area contributed by atoms with Crippen LogP contribution in [0.2, 0.25) is 5.02 Å². The fraction of sp³-hybridized carbons (Fsp3) is 0.429. The molecule has 2 rings (SSSR count). The summed E-state index contributed by atoms with van der Waals surface area (Å²) in [4.78, 5) is 0. The van der Waals surface area contributed by atoms with Crippen LogP contribution in [0, 0.1) is 5.82 Å². The van der Waals surface area contributed by atoms with Gasteiger partial charge < -0.3 is 9.73 Å². The Labute approximate surface area is 125 Å². The summed E-state index contributed by atoms with van der Waals surface area (Å²) < 4.78 is 20.2. The van der Waals surface area contributed by atoms with Gasteiger partial charge >= 0.3 is 0 Å². The molecule has 1 heterocycles. The summed E-state index contributed by atoms with van der Waals surface area (Å²) in [5.41, 5.74) is 1.37. The van der Waals surface area contributed by atoms with Crippen LogP contribution in [0.5, 0.6) is 0 Å². The van der Waals surface area contributed by atoms with E-state index >= 15 is 0 Å². The predicted molar refractivity (Wildman–Crippen MR) is 80.3 cm³/mol. The van der Waals surface area contributed by atoms with E-state index in [1.165, 1.54) is 6.07 Å². The van der Waals surface area contributed by atoms with Crippen LogP contribution in [-0.2, 0) is 6.42 Å². The molecule has 1 aromatic carbocycles. The second-order valence-corrected chi connectivity index (χ2v) is 6.81. The molecule has 0 spiro atoms. The molecule has 5 heteroatoms. The van der Waals surface area contributed by atoms with Crippen molar-refractivity contribution in [3.8, 4) is 0 Å². The fourth-order valence-corrected chi connectivity index (χ4v) is 2.78. The zero-order valence-electron chi connectivity index (χ0n) is 11.1. The largest absolute Gasteiger partial charge is 0.463 e. The highest BCUT2D eigenvalue weighted by Gasteiger charge is 2.17. The Morgan fingerprint density at radius 1 is 1.42 bits per heavy atom. The molecule has 0 saturated carbocycles. The van der Waals surface area contributed by atoms with Gasteiger partial charge in [0.1, 0.15) is 0 Å². The molecule has 2 nitrogen and oxygen atoms in total. The van der Waals surface area contributed by atoms with E-state index in [0.717, 1.165) is 12.1 Å². The van der Waals surface area contributed by atoms with Gasteiger partial charge in [-0.15, -0.1) is 0 Å². The first-order valence-corrected chi connectivity index (χ1v) is 7.25. The topological polar surface area (TPSA) is 25.2 Å².